The molecule has 7 heteroatoms. The first kappa shape index (κ1) is 17.3. The van der Waals surface area contributed by atoms with Crippen LogP contribution >= 0.6 is 0 Å². The Morgan fingerprint density at radius 2 is 2.22 bits per heavy atom. The molecule has 1 amide bonds. The number of furan rings is 1. The Bertz CT molecular complexity index is 932. The van der Waals surface area contributed by atoms with Crippen molar-refractivity contribution in [3.05, 3.63) is 65.6 Å². The number of amides is 1. The molecule has 0 radical (unpaired) electrons. The molecule has 0 saturated carbocycles. The summed E-state index contributed by atoms with van der Waals surface area (Å²) in [6.07, 6.45) is 4.31. The van der Waals surface area contributed by atoms with E-state index in [0.717, 1.165) is 30.9 Å². The van der Waals surface area contributed by atoms with Crippen molar-refractivity contribution in [2.24, 2.45) is 0 Å². The molecule has 1 saturated heterocycles. The second kappa shape index (κ2) is 7.26. The number of carbonyl (C=O) groups excluding carboxylic acids is 1. The molecule has 3 aromatic rings. The molecule has 7 nitrogen and oxygen atoms in total. The van der Waals surface area contributed by atoms with E-state index in [-0.39, 0.29) is 5.91 Å². The summed E-state index contributed by atoms with van der Waals surface area (Å²) in [6.45, 7) is 6.27. The second-order valence-corrected chi connectivity index (χ2v) is 6.92. The van der Waals surface area contributed by atoms with E-state index in [1.54, 1.807) is 18.5 Å². The van der Waals surface area contributed by atoms with Gasteiger partial charge in [-0.1, -0.05) is 0 Å². The average molecular weight is 365 g/mol. The van der Waals surface area contributed by atoms with Crippen LogP contribution in [0, 0.1) is 13.8 Å². The molecule has 27 heavy (non-hydrogen) atoms. The van der Waals surface area contributed by atoms with Gasteiger partial charge in [0, 0.05) is 30.7 Å². The lowest BCUT2D eigenvalue weighted by atomic mass is 10.2. The van der Waals surface area contributed by atoms with Crippen molar-refractivity contribution in [1.82, 2.24) is 20.1 Å². The third-order valence-corrected chi connectivity index (χ3v) is 4.90. The Hall–Kier alpha value is -3.09. The number of anilines is 1. The quantitative estimate of drug-likeness (QED) is 0.752. The molecule has 0 unspecified atom stereocenters. The van der Waals surface area contributed by atoms with Crippen molar-refractivity contribution in [2.45, 2.75) is 32.9 Å². The lowest BCUT2D eigenvalue weighted by Gasteiger charge is -2.19. The van der Waals surface area contributed by atoms with Gasteiger partial charge < -0.3 is 14.6 Å². The number of carbonyl (C=O) groups is 1. The van der Waals surface area contributed by atoms with Crippen molar-refractivity contribution in [3.8, 4) is 0 Å². The first-order valence-electron chi connectivity index (χ1n) is 9.14. The molecule has 0 aromatic carbocycles. The molecule has 1 fully saturated rings. The van der Waals surface area contributed by atoms with Crippen LogP contribution in [0.3, 0.4) is 0 Å². The molecule has 0 bridgehead atoms. The number of rotatable bonds is 5. The topological polar surface area (TPSA) is 76.2 Å². The summed E-state index contributed by atoms with van der Waals surface area (Å²) in [5, 5.41) is 7.46. The normalized spacial score (nSPS) is 16.7. The number of aryl methyl sites for hydroxylation is 2. The van der Waals surface area contributed by atoms with Gasteiger partial charge in [0.2, 0.25) is 0 Å². The van der Waals surface area contributed by atoms with Crippen LogP contribution in [0.15, 0.2) is 47.2 Å². The van der Waals surface area contributed by atoms with Crippen LogP contribution in [-0.4, -0.2) is 33.8 Å². The fourth-order valence-corrected chi connectivity index (χ4v) is 3.60. The Kier molecular flexibility index (Phi) is 4.66. The first-order valence-corrected chi connectivity index (χ1v) is 9.14. The lowest BCUT2D eigenvalue weighted by molar-refractivity contribution is 0.0943. The highest BCUT2D eigenvalue weighted by Crippen LogP contribution is 2.27. The van der Waals surface area contributed by atoms with E-state index in [4.69, 9.17) is 4.42 Å². The number of hydrogen-bond donors (Lipinski definition) is 1. The molecule has 0 spiro atoms. The number of hydrogen-bond acceptors (Lipinski definition) is 5. The SMILES string of the molecule is Cc1cc(C)n([C@H]2CCN(c3ccnc(C(=O)NCc4ccco4)c3)C2)n1. The molecule has 1 aliphatic rings. The van der Waals surface area contributed by atoms with Crippen molar-refractivity contribution >= 4 is 11.6 Å². The Morgan fingerprint density at radius 3 is 2.96 bits per heavy atom. The van der Waals surface area contributed by atoms with Crippen LogP contribution in [0.2, 0.25) is 0 Å². The largest absolute Gasteiger partial charge is 0.467 e. The predicted molar refractivity (Wildman–Crippen MR) is 102 cm³/mol. The average Bonchev–Trinajstić information content (AvgIpc) is 3.41. The van der Waals surface area contributed by atoms with Crippen LogP contribution in [-0.2, 0) is 6.54 Å². The van der Waals surface area contributed by atoms with Crippen molar-refractivity contribution in [1.29, 1.82) is 0 Å². The van der Waals surface area contributed by atoms with E-state index in [1.165, 1.54) is 5.69 Å². The van der Waals surface area contributed by atoms with Gasteiger partial charge in [-0.15, -0.1) is 0 Å². The fourth-order valence-electron chi connectivity index (χ4n) is 3.60. The Morgan fingerprint density at radius 1 is 1.33 bits per heavy atom. The van der Waals surface area contributed by atoms with Gasteiger partial charge in [-0.05, 0) is 50.6 Å². The summed E-state index contributed by atoms with van der Waals surface area (Å²) in [6, 6.07) is 9.88. The zero-order valence-electron chi connectivity index (χ0n) is 15.6. The maximum Gasteiger partial charge on any atom is 0.270 e. The summed E-state index contributed by atoms with van der Waals surface area (Å²) in [5.74, 6) is 0.509. The van der Waals surface area contributed by atoms with E-state index in [1.807, 2.05) is 25.1 Å². The minimum atomic E-state index is -0.206. The van der Waals surface area contributed by atoms with E-state index in [2.05, 4.69) is 38.0 Å². The smallest absolute Gasteiger partial charge is 0.270 e. The van der Waals surface area contributed by atoms with Gasteiger partial charge >= 0.3 is 0 Å². The molecule has 140 valence electrons. The highest BCUT2D eigenvalue weighted by molar-refractivity contribution is 5.93. The van der Waals surface area contributed by atoms with Gasteiger partial charge in [-0.25, -0.2) is 0 Å². The van der Waals surface area contributed by atoms with Crippen LogP contribution < -0.4 is 10.2 Å². The van der Waals surface area contributed by atoms with Gasteiger partial charge in [0.1, 0.15) is 11.5 Å². The standard InChI is InChI=1S/C20H23N5O2/c1-14-10-15(2)25(23-14)17-6-8-24(13-17)16-5-7-21-19(11-16)20(26)22-12-18-4-3-9-27-18/h3-5,7,9-11,17H,6,8,12-13H2,1-2H3,(H,22,26)/t17-/m0/s1. The van der Waals surface area contributed by atoms with E-state index in [9.17, 15) is 4.79 Å². The number of nitrogens with zero attached hydrogens (tertiary/aromatic N) is 4. The number of aromatic nitrogens is 3. The van der Waals surface area contributed by atoms with Crippen molar-refractivity contribution in [2.75, 3.05) is 18.0 Å². The summed E-state index contributed by atoms with van der Waals surface area (Å²) in [4.78, 5) is 18.9. The Balaban J connectivity index is 1.43. The van der Waals surface area contributed by atoms with E-state index < -0.39 is 0 Å². The zero-order chi connectivity index (χ0) is 18.8. The Labute approximate surface area is 158 Å². The summed E-state index contributed by atoms with van der Waals surface area (Å²) >= 11 is 0. The molecule has 4 heterocycles. The van der Waals surface area contributed by atoms with Gasteiger partial charge in [-0.2, -0.15) is 5.10 Å². The van der Waals surface area contributed by atoms with Gasteiger partial charge in [0.15, 0.2) is 0 Å². The van der Waals surface area contributed by atoms with E-state index >= 15 is 0 Å². The van der Waals surface area contributed by atoms with Crippen molar-refractivity contribution < 1.29 is 9.21 Å². The lowest BCUT2D eigenvalue weighted by Crippen LogP contribution is -2.25. The van der Waals surface area contributed by atoms with Gasteiger partial charge in [0.25, 0.3) is 5.91 Å². The molecule has 1 aliphatic heterocycles. The molecule has 4 rings (SSSR count). The van der Waals surface area contributed by atoms with Gasteiger partial charge in [0.05, 0.1) is 24.5 Å². The van der Waals surface area contributed by atoms with Crippen LogP contribution in [0.1, 0.15) is 40.1 Å². The predicted octanol–water partition coefficient (Wildman–Crippen LogP) is 2.87. The third-order valence-electron chi connectivity index (χ3n) is 4.90. The molecular weight excluding hydrogens is 342 g/mol. The van der Waals surface area contributed by atoms with Crippen molar-refractivity contribution in [3.63, 3.8) is 0 Å². The maximum atomic E-state index is 12.4. The maximum absolute atomic E-state index is 12.4. The monoisotopic (exact) mass is 365 g/mol. The fraction of sp³-hybridized carbons (Fsp3) is 0.350. The van der Waals surface area contributed by atoms with Crippen LogP contribution in [0.4, 0.5) is 5.69 Å². The van der Waals surface area contributed by atoms with Gasteiger partial charge in [-0.3, -0.25) is 14.5 Å². The first-order chi connectivity index (χ1) is 13.1. The number of nitrogens with one attached hydrogen (secondary N) is 1. The molecule has 0 aliphatic carbocycles. The van der Waals surface area contributed by atoms with Crippen LogP contribution in [0.25, 0.3) is 0 Å². The summed E-state index contributed by atoms with van der Waals surface area (Å²) in [7, 11) is 0. The molecular formula is C20H23N5O2. The number of pyridine rings is 1. The van der Waals surface area contributed by atoms with Crippen LogP contribution in [0.5, 0.6) is 0 Å². The molecule has 1 N–H and O–H groups in total. The highest BCUT2D eigenvalue weighted by Gasteiger charge is 2.26. The second-order valence-electron chi connectivity index (χ2n) is 6.92. The van der Waals surface area contributed by atoms with E-state index in [0.29, 0.717) is 24.0 Å². The summed E-state index contributed by atoms with van der Waals surface area (Å²) in [5.41, 5.74) is 3.66. The highest BCUT2D eigenvalue weighted by atomic mass is 16.3. The molecule has 1 atom stereocenters. The minimum absolute atomic E-state index is 0.206. The molecule has 3 aromatic heterocycles. The minimum Gasteiger partial charge on any atom is -0.467 e. The summed E-state index contributed by atoms with van der Waals surface area (Å²) < 4.78 is 7.36. The third kappa shape index (κ3) is 3.72. The zero-order valence-corrected chi connectivity index (χ0v) is 15.6.